The van der Waals surface area contributed by atoms with Gasteiger partial charge in [0, 0.05) is 6.04 Å². The second-order valence-electron chi connectivity index (χ2n) is 4.89. The molecule has 0 atom stereocenters. The fourth-order valence-electron chi connectivity index (χ4n) is 1.48. The highest BCUT2D eigenvalue weighted by molar-refractivity contribution is 5.38. The number of nitrogens with zero attached hydrogens (tertiary/aromatic N) is 4. The number of nitrogen functional groups attached to an aromatic ring is 1. The largest absolute Gasteiger partial charge is 0.461 e. The standard InChI is InChI=1S/C11H19F3N6O/c1-6(2)20(5-11(12,13)14)9-16-8(19-15)17-10(18-9)21-7(3)4/h6-7H,5,15H2,1-4H3,(H,16,17,18,19). The fraction of sp³-hybridized carbons (Fsp3) is 0.727. The van der Waals surface area contributed by atoms with Crippen LogP contribution in [0.5, 0.6) is 6.01 Å². The van der Waals surface area contributed by atoms with Crippen molar-refractivity contribution in [2.24, 2.45) is 5.84 Å². The molecule has 0 unspecified atom stereocenters. The van der Waals surface area contributed by atoms with Gasteiger partial charge in [-0.05, 0) is 27.7 Å². The minimum atomic E-state index is -4.38. The van der Waals surface area contributed by atoms with E-state index < -0.39 is 18.8 Å². The van der Waals surface area contributed by atoms with E-state index in [0.717, 1.165) is 4.90 Å². The van der Waals surface area contributed by atoms with Crippen molar-refractivity contribution >= 4 is 11.9 Å². The molecule has 0 bridgehead atoms. The van der Waals surface area contributed by atoms with Gasteiger partial charge < -0.3 is 9.64 Å². The number of aromatic nitrogens is 3. The Kier molecular flexibility index (Phi) is 5.53. The summed E-state index contributed by atoms with van der Waals surface area (Å²) < 4.78 is 43.3. The first-order chi connectivity index (χ1) is 9.62. The maximum atomic E-state index is 12.7. The minimum absolute atomic E-state index is 0.0662. The topological polar surface area (TPSA) is 89.2 Å². The van der Waals surface area contributed by atoms with Crippen molar-refractivity contribution in [3.63, 3.8) is 0 Å². The van der Waals surface area contributed by atoms with E-state index in [1.165, 1.54) is 0 Å². The number of nitrogens with two attached hydrogens (primary N) is 1. The molecule has 21 heavy (non-hydrogen) atoms. The minimum Gasteiger partial charge on any atom is -0.461 e. The lowest BCUT2D eigenvalue weighted by molar-refractivity contribution is -0.120. The summed E-state index contributed by atoms with van der Waals surface area (Å²) in [5.74, 6) is 5.00. The number of rotatable bonds is 6. The second-order valence-corrected chi connectivity index (χ2v) is 4.89. The average molecular weight is 308 g/mol. The number of nitrogens with one attached hydrogen (secondary N) is 1. The number of hydrazine groups is 1. The third-order valence-corrected chi connectivity index (χ3v) is 2.30. The molecule has 0 aliphatic carbocycles. The van der Waals surface area contributed by atoms with Crippen LogP contribution < -0.4 is 20.9 Å². The van der Waals surface area contributed by atoms with Crippen molar-refractivity contribution in [2.45, 2.75) is 46.0 Å². The van der Waals surface area contributed by atoms with Crippen LogP contribution in [-0.4, -0.2) is 39.8 Å². The summed E-state index contributed by atoms with van der Waals surface area (Å²) in [7, 11) is 0. The van der Waals surface area contributed by atoms with Crippen LogP contribution in [0.1, 0.15) is 27.7 Å². The number of hydrogen-bond donors (Lipinski definition) is 2. The molecule has 0 aromatic carbocycles. The van der Waals surface area contributed by atoms with Crippen LogP contribution in [-0.2, 0) is 0 Å². The smallest absolute Gasteiger partial charge is 0.406 e. The molecule has 0 aliphatic rings. The lowest BCUT2D eigenvalue weighted by atomic mass is 10.3. The van der Waals surface area contributed by atoms with Crippen molar-refractivity contribution in [3.05, 3.63) is 0 Å². The SMILES string of the molecule is CC(C)Oc1nc(NN)nc(N(CC(F)(F)F)C(C)C)n1. The van der Waals surface area contributed by atoms with E-state index in [2.05, 4.69) is 20.4 Å². The zero-order chi connectivity index (χ0) is 16.2. The number of anilines is 2. The van der Waals surface area contributed by atoms with Gasteiger partial charge in [0.1, 0.15) is 6.54 Å². The van der Waals surface area contributed by atoms with E-state index in [4.69, 9.17) is 10.6 Å². The van der Waals surface area contributed by atoms with Gasteiger partial charge in [-0.25, -0.2) is 5.84 Å². The summed E-state index contributed by atoms with van der Waals surface area (Å²) in [5, 5.41) is 0. The Hall–Kier alpha value is -1.84. The number of alkyl halides is 3. The van der Waals surface area contributed by atoms with E-state index in [9.17, 15) is 13.2 Å². The Morgan fingerprint density at radius 1 is 1.19 bits per heavy atom. The summed E-state index contributed by atoms with van der Waals surface area (Å²) in [6, 6.07) is -0.553. The van der Waals surface area contributed by atoms with Crippen LogP contribution in [0.4, 0.5) is 25.1 Å². The zero-order valence-corrected chi connectivity index (χ0v) is 12.3. The summed E-state index contributed by atoms with van der Waals surface area (Å²) in [4.78, 5) is 12.6. The molecule has 120 valence electrons. The van der Waals surface area contributed by atoms with Gasteiger partial charge in [-0.2, -0.15) is 28.1 Å². The third-order valence-electron chi connectivity index (χ3n) is 2.30. The number of halogens is 3. The van der Waals surface area contributed by atoms with Crippen LogP contribution in [0.3, 0.4) is 0 Å². The molecule has 3 N–H and O–H groups in total. The van der Waals surface area contributed by atoms with Gasteiger partial charge in [0.15, 0.2) is 0 Å². The molecule has 1 rings (SSSR count). The molecular weight excluding hydrogens is 289 g/mol. The zero-order valence-electron chi connectivity index (χ0n) is 12.3. The van der Waals surface area contributed by atoms with Gasteiger partial charge >= 0.3 is 12.2 Å². The van der Waals surface area contributed by atoms with E-state index in [1.54, 1.807) is 27.7 Å². The average Bonchev–Trinajstić information content (AvgIpc) is 2.33. The number of ether oxygens (including phenoxy) is 1. The Morgan fingerprint density at radius 2 is 1.81 bits per heavy atom. The second kappa shape index (κ2) is 6.74. The molecule has 1 aromatic heterocycles. The fourth-order valence-corrected chi connectivity index (χ4v) is 1.48. The molecular formula is C11H19F3N6O. The molecule has 1 aromatic rings. The monoisotopic (exact) mass is 308 g/mol. The molecule has 0 fully saturated rings. The molecule has 7 nitrogen and oxygen atoms in total. The first-order valence-electron chi connectivity index (χ1n) is 6.35. The van der Waals surface area contributed by atoms with Gasteiger partial charge in [-0.1, -0.05) is 0 Å². The highest BCUT2D eigenvalue weighted by Gasteiger charge is 2.33. The van der Waals surface area contributed by atoms with Crippen LogP contribution in [0.2, 0.25) is 0 Å². The molecule has 0 radical (unpaired) electrons. The molecule has 0 saturated carbocycles. The van der Waals surface area contributed by atoms with Gasteiger partial charge in [0.2, 0.25) is 11.9 Å². The van der Waals surface area contributed by atoms with Crippen molar-refractivity contribution in [1.82, 2.24) is 15.0 Å². The Labute approximate surface area is 120 Å². The van der Waals surface area contributed by atoms with E-state index in [0.29, 0.717) is 0 Å². The maximum Gasteiger partial charge on any atom is 0.406 e. The molecule has 0 amide bonds. The lowest BCUT2D eigenvalue weighted by Crippen LogP contribution is -2.40. The van der Waals surface area contributed by atoms with E-state index in [-0.39, 0.29) is 24.0 Å². The Morgan fingerprint density at radius 3 is 2.24 bits per heavy atom. The highest BCUT2D eigenvalue weighted by Crippen LogP contribution is 2.23. The van der Waals surface area contributed by atoms with Crippen LogP contribution >= 0.6 is 0 Å². The molecule has 0 aliphatic heterocycles. The predicted octanol–water partition coefficient (Wildman–Crippen LogP) is 1.72. The maximum absolute atomic E-state index is 12.7. The van der Waals surface area contributed by atoms with Gasteiger partial charge in [0.25, 0.3) is 0 Å². The number of hydrogen-bond acceptors (Lipinski definition) is 7. The van der Waals surface area contributed by atoms with Gasteiger partial charge in [-0.3, -0.25) is 5.43 Å². The normalized spacial score (nSPS) is 11.9. The van der Waals surface area contributed by atoms with Crippen LogP contribution in [0.15, 0.2) is 0 Å². The van der Waals surface area contributed by atoms with Crippen molar-refractivity contribution in [3.8, 4) is 6.01 Å². The van der Waals surface area contributed by atoms with Crippen LogP contribution in [0.25, 0.3) is 0 Å². The van der Waals surface area contributed by atoms with Crippen molar-refractivity contribution in [2.75, 3.05) is 16.9 Å². The summed E-state index contributed by atoms with van der Waals surface area (Å²) >= 11 is 0. The Bertz CT molecular complexity index is 466. The van der Waals surface area contributed by atoms with Gasteiger partial charge in [-0.15, -0.1) is 0 Å². The quantitative estimate of drug-likeness (QED) is 0.611. The van der Waals surface area contributed by atoms with Crippen molar-refractivity contribution in [1.29, 1.82) is 0 Å². The van der Waals surface area contributed by atoms with Crippen LogP contribution in [0, 0.1) is 0 Å². The van der Waals surface area contributed by atoms with E-state index >= 15 is 0 Å². The third kappa shape index (κ3) is 5.58. The first kappa shape index (κ1) is 17.2. The summed E-state index contributed by atoms with van der Waals surface area (Å²) in [5.41, 5.74) is 2.19. The molecule has 0 saturated heterocycles. The Balaban J connectivity index is 3.17. The predicted molar refractivity (Wildman–Crippen MR) is 71.9 cm³/mol. The van der Waals surface area contributed by atoms with E-state index in [1.807, 2.05) is 0 Å². The molecule has 0 spiro atoms. The lowest BCUT2D eigenvalue weighted by Gasteiger charge is -2.27. The highest BCUT2D eigenvalue weighted by atomic mass is 19.4. The van der Waals surface area contributed by atoms with Gasteiger partial charge in [0.05, 0.1) is 6.10 Å². The molecule has 10 heteroatoms. The molecule has 1 heterocycles. The first-order valence-corrected chi connectivity index (χ1v) is 6.35. The summed E-state index contributed by atoms with van der Waals surface area (Å²) in [6.07, 6.45) is -4.62. The van der Waals surface area contributed by atoms with Crippen molar-refractivity contribution < 1.29 is 17.9 Å². The summed E-state index contributed by atoms with van der Waals surface area (Å²) in [6.45, 7) is 5.52.